The molecule has 0 atom stereocenters. The fourth-order valence-electron chi connectivity index (χ4n) is 3.78. The number of urea groups is 1. The molecule has 1 aromatic heterocycles. The predicted octanol–water partition coefficient (Wildman–Crippen LogP) is 3.57. The van der Waals surface area contributed by atoms with Crippen molar-refractivity contribution in [2.24, 2.45) is 0 Å². The van der Waals surface area contributed by atoms with Gasteiger partial charge in [0, 0.05) is 25.2 Å². The summed E-state index contributed by atoms with van der Waals surface area (Å²) < 4.78 is 5.04. The van der Waals surface area contributed by atoms with Crippen LogP contribution in [0.3, 0.4) is 0 Å². The first-order valence-electron chi connectivity index (χ1n) is 10.4. The maximum absolute atomic E-state index is 12.1. The van der Waals surface area contributed by atoms with Gasteiger partial charge in [0.05, 0.1) is 18.5 Å². The smallest absolute Gasteiger partial charge is 0.409 e. The number of amides is 3. The molecule has 0 unspecified atom stereocenters. The summed E-state index contributed by atoms with van der Waals surface area (Å²) in [5.74, 6) is 0.771. The predicted molar refractivity (Wildman–Crippen MR) is 109 cm³/mol. The van der Waals surface area contributed by atoms with Crippen molar-refractivity contribution in [3.05, 3.63) is 18.3 Å². The van der Waals surface area contributed by atoms with Crippen LogP contribution in [-0.2, 0) is 4.74 Å². The summed E-state index contributed by atoms with van der Waals surface area (Å²) in [6.45, 7) is 3.57. The zero-order chi connectivity index (χ0) is 19.8. The van der Waals surface area contributed by atoms with Crippen LogP contribution in [0.5, 0.6) is 0 Å². The molecule has 8 heteroatoms. The normalized spacial score (nSPS) is 18.4. The molecular formula is C20H31N5O3. The quantitative estimate of drug-likeness (QED) is 0.715. The highest BCUT2D eigenvalue weighted by Crippen LogP contribution is 2.19. The number of rotatable bonds is 5. The number of pyridine rings is 1. The van der Waals surface area contributed by atoms with Gasteiger partial charge in [-0.1, -0.05) is 19.3 Å². The Morgan fingerprint density at radius 3 is 2.50 bits per heavy atom. The van der Waals surface area contributed by atoms with Gasteiger partial charge in [-0.3, -0.25) is 0 Å². The van der Waals surface area contributed by atoms with Crippen LogP contribution in [-0.4, -0.2) is 53.8 Å². The molecule has 0 spiro atoms. The molecule has 2 heterocycles. The molecule has 2 fully saturated rings. The van der Waals surface area contributed by atoms with Crippen molar-refractivity contribution < 1.29 is 14.3 Å². The van der Waals surface area contributed by atoms with Crippen LogP contribution in [0.2, 0.25) is 0 Å². The number of likely N-dealkylation sites (tertiary alicyclic amines) is 1. The van der Waals surface area contributed by atoms with E-state index in [0.717, 1.165) is 31.5 Å². The van der Waals surface area contributed by atoms with Crippen molar-refractivity contribution in [3.8, 4) is 0 Å². The molecule has 2 aliphatic rings. The van der Waals surface area contributed by atoms with Crippen LogP contribution in [0.4, 0.5) is 21.1 Å². The molecule has 1 aliphatic heterocycles. The Morgan fingerprint density at radius 1 is 1.11 bits per heavy atom. The first kappa shape index (κ1) is 20.2. The van der Waals surface area contributed by atoms with E-state index in [1.54, 1.807) is 11.1 Å². The average Bonchev–Trinajstić information content (AvgIpc) is 2.71. The molecule has 0 aromatic carbocycles. The van der Waals surface area contributed by atoms with Gasteiger partial charge >= 0.3 is 12.1 Å². The number of ether oxygens (including phenoxy) is 1. The lowest BCUT2D eigenvalue weighted by molar-refractivity contribution is 0.0983. The van der Waals surface area contributed by atoms with Gasteiger partial charge in [0.2, 0.25) is 0 Å². The second-order valence-electron chi connectivity index (χ2n) is 7.47. The molecule has 154 valence electrons. The van der Waals surface area contributed by atoms with E-state index in [4.69, 9.17) is 4.74 Å². The van der Waals surface area contributed by atoms with Gasteiger partial charge < -0.3 is 25.6 Å². The van der Waals surface area contributed by atoms with Gasteiger partial charge in [0.15, 0.2) is 0 Å². The van der Waals surface area contributed by atoms with E-state index in [-0.39, 0.29) is 24.2 Å². The highest BCUT2D eigenvalue weighted by Gasteiger charge is 2.23. The highest BCUT2D eigenvalue weighted by molar-refractivity contribution is 5.89. The molecule has 0 bridgehead atoms. The minimum atomic E-state index is -0.235. The van der Waals surface area contributed by atoms with Gasteiger partial charge in [-0.15, -0.1) is 0 Å². The maximum atomic E-state index is 12.1. The molecule has 1 aliphatic carbocycles. The Bertz CT molecular complexity index is 638. The largest absolute Gasteiger partial charge is 0.450 e. The fourth-order valence-corrected chi connectivity index (χ4v) is 3.78. The Labute approximate surface area is 166 Å². The third kappa shape index (κ3) is 6.00. The Hall–Kier alpha value is -2.51. The van der Waals surface area contributed by atoms with Gasteiger partial charge in [-0.05, 0) is 44.7 Å². The summed E-state index contributed by atoms with van der Waals surface area (Å²) in [6, 6.07) is 4.10. The second-order valence-corrected chi connectivity index (χ2v) is 7.47. The minimum Gasteiger partial charge on any atom is -0.450 e. The molecule has 1 aromatic rings. The lowest BCUT2D eigenvalue weighted by Gasteiger charge is -2.31. The van der Waals surface area contributed by atoms with Crippen LogP contribution in [0.1, 0.15) is 51.9 Å². The number of hydrogen-bond donors (Lipinski definition) is 3. The van der Waals surface area contributed by atoms with Crippen LogP contribution in [0.15, 0.2) is 18.3 Å². The van der Waals surface area contributed by atoms with Gasteiger partial charge in [-0.25, -0.2) is 14.6 Å². The number of aromatic nitrogens is 1. The maximum Gasteiger partial charge on any atom is 0.409 e. The van der Waals surface area contributed by atoms with Crippen molar-refractivity contribution in [3.63, 3.8) is 0 Å². The zero-order valence-corrected chi connectivity index (χ0v) is 16.6. The lowest BCUT2D eigenvalue weighted by Crippen LogP contribution is -2.42. The average molecular weight is 390 g/mol. The Kier molecular flexibility index (Phi) is 7.33. The third-order valence-corrected chi connectivity index (χ3v) is 5.33. The van der Waals surface area contributed by atoms with Crippen LogP contribution < -0.4 is 16.0 Å². The van der Waals surface area contributed by atoms with Crippen molar-refractivity contribution in [1.82, 2.24) is 15.2 Å². The number of piperidine rings is 1. The molecule has 28 heavy (non-hydrogen) atoms. The number of anilines is 2. The summed E-state index contributed by atoms with van der Waals surface area (Å²) in [7, 11) is 0. The van der Waals surface area contributed by atoms with Gasteiger partial charge in [0.1, 0.15) is 5.82 Å². The number of nitrogens with one attached hydrogen (secondary N) is 3. The second kappa shape index (κ2) is 10.1. The van der Waals surface area contributed by atoms with E-state index in [9.17, 15) is 9.59 Å². The number of carbonyl (C=O) groups is 2. The SMILES string of the molecule is CCOC(=O)N1CCC(Nc2ccc(NC(=O)NC3CCCCC3)cn2)CC1. The standard InChI is InChI=1S/C20H31N5O3/c1-2-28-20(27)25-12-10-16(11-13-25)22-18-9-8-17(14-21-18)24-19(26)23-15-6-4-3-5-7-15/h8-9,14-16H,2-7,10-13H2,1H3,(H,21,22)(H2,23,24,26). The summed E-state index contributed by atoms with van der Waals surface area (Å²) in [4.78, 5) is 30.0. The molecule has 0 radical (unpaired) electrons. The topological polar surface area (TPSA) is 95.6 Å². The van der Waals surface area contributed by atoms with Crippen molar-refractivity contribution >= 4 is 23.6 Å². The van der Waals surface area contributed by atoms with E-state index in [1.807, 2.05) is 19.1 Å². The molecular weight excluding hydrogens is 358 g/mol. The lowest BCUT2D eigenvalue weighted by atomic mass is 9.96. The zero-order valence-electron chi connectivity index (χ0n) is 16.6. The van der Waals surface area contributed by atoms with E-state index in [0.29, 0.717) is 25.4 Å². The Morgan fingerprint density at radius 2 is 1.86 bits per heavy atom. The summed E-state index contributed by atoms with van der Waals surface area (Å²) in [5, 5.41) is 9.29. The van der Waals surface area contributed by atoms with Crippen LogP contribution >= 0.6 is 0 Å². The van der Waals surface area contributed by atoms with E-state index < -0.39 is 0 Å². The molecule has 1 saturated heterocycles. The van der Waals surface area contributed by atoms with E-state index in [1.165, 1.54) is 19.3 Å². The van der Waals surface area contributed by atoms with E-state index in [2.05, 4.69) is 20.9 Å². The first-order chi connectivity index (χ1) is 13.6. The Balaban J connectivity index is 1.41. The van der Waals surface area contributed by atoms with Crippen molar-refractivity contribution in [2.75, 3.05) is 30.3 Å². The summed E-state index contributed by atoms with van der Waals surface area (Å²) in [5.41, 5.74) is 0.677. The molecule has 8 nitrogen and oxygen atoms in total. The van der Waals surface area contributed by atoms with Gasteiger partial charge in [-0.2, -0.15) is 0 Å². The van der Waals surface area contributed by atoms with Crippen LogP contribution in [0.25, 0.3) is 0 Å². The molecule has 1 saturated carbocycles. The number of carbonyl (C=O) groups excluding carboxylic acids is 2. The third-order valence-electron chi connectivity index (χ3n) is 5.33. The van der Waals surface area contributed by atoms with Crippen molar-refractivity contribution in [2.45, 2.75) is 64.0 Å². The van der Waals surface area contributed by atoms with E-state index >= 15 is 0 Å². The number of hydrogen-bond acceptors (Lipinski definition) is 5. The first-order valence-corrected chi connectivity index (χ1v) is 10.4. The minimum absolute atomic E-state index is 0.166. The molecule has 3 N–H and O–H groups in total. The summed E-state index contributed by atoms with van der Waals surface area (Å²) in [6.07, 6.45) is 8.89. The van der Waals surface area contributed by atoms with Gasteiger partial charge in [0.25, 0.3) is 0 Å². The molecule has 3 amide bonds. The fraction of sp³-hybridized carbons (Fsp3) is 0.650. The summed E-state index contributed by atoms with van der Waals surface area (Å²) >= 11 is 0. The van der Waals surface area contributed by atoms with Crippen LogP contribution in [0, 0.1) is 0 Å². The molecule has 3 rings (SSSR count). The highest BCUT2D eigenvalue weighted by atomic mass is 16.6. The van der Waals surface area contributed by atoms with Crippen molar-refractivity contribution in [1.29, 1.82) is 0 Å². The number of nitrogens with zero attached hydrogens (tertiary/aromatic N) is 2. The monoisotopic (exact) mass is 389 g/mol.